The van der Waals surface area contributed by atoms with Gasteiger partial charge in [0.25, 0.3) is 0 Å². The Morgan fingerprint density at radius 3 is 2.20 bits per heavy atom. The van der Waals surface area contributed by atoms with E-state index in [1.807, 2.05) is 19.9 Å². The van der Waals surface area contributed by atoms with Gasteiger partial charge in [0.05, 0.1) is 0 Å². The fraction of sp³-hybridized carbons (Fsp3) is 0.750. The normalized spacial score (nSPS) is 32.6. The summed E-state index contributed by atoms with van der Waals surface area (Å²) in [7, 11) is 0. The van der Waals surface area contributed by atoms with Crippen LogP contribution in [0, 0.1) is 31.6 Å². The van der Waals surface area contributed by atoms with Crippen LogP contribution in [0.25, 0.3) is 0 Å². The molecular formula is C20H30N4O. The van der Waals surface area contributed by atoms with Gasteiger partial charge in [-0.3, -0.25) is 4.79 Å². The van der Waals surface area contributed by atoms with Gasteiger partial charge < -0.3 is 10.6 Å². The highest BCUT2D eigenvalue weighted by Crippen LogP contribution is 2.55. The molecule has 4 aliphatic rings. The first-order valence-electron chi connectivity index (χ1n) is 9.87. The zero-order valence-electron chi connectivity index (χ0n) is 15.5. The molecule has 2 N–H and O–H groups in total. The molecule has 5 rings (SSSR count). The Bertz CT molecular complexity index is 602. The molecule has 1 aromatic rings. The van der Waals surface area contributed by atoms with Crippen molar-refractivity contribution in [1.29, 1.82) is 0 Å². The van der Waals surface area contributed by atoms with E-state index in [1.54, 1.807) is 0 Å². The third-order valence-electron chi connectivity index (χ3n) is 6.29. The van der Waals surface area contributed by atoms with E-state index >= 15 is 0 Å². The van der Waals surface area contributed by atoms with Crippen LogP contribution in [0.2, 0.25) is 0 Å². The zero-order chi connectivity index (χ0) is 17.4. The quantitative estimate of drug-likeness (QED) is 0.778. The average molecular weight is 342 g/mol. The molecule has 0 radical (unpaired) electrons. The van der Waals surface area contributed by atoms with Crippen molar-refractivity contribution in [2.75, 3.05) is 11.9 Å². The summed E-state index contributed by atoms with van der Waals surface area (Å²) in [6.45, 7) is 4.68. The Labute approximate surface area is 150 Å². The third kappa shape index (κ3) is 3.80. The van der Waals surface area contributed by atoms with Gasteiger partial charge in [0.1, 0.15) is 0 Å². The second kappa shape index (κ2) is 6.58. The van der Waals surface area contributed by atoms with Crippen LogP contribution >= 0.6 is 0 Å². The molecule has 5 heteroatoms. The van der Waals surface area contributed by atoms with Gasteiger partial charge in [-0.15, -0.1) is 0 Å². The van der Waals surface area contributed by atoms with Crippen molar-refractivity contribution in [3.63, 3.8) is 0 Å². The second-order valence-electron chi connectivity index (χ2n) is 8.75. The molecule has 136 valence electrons. The van der Waals surface area contributed by atoms with Crippen LogP contribution in [0.3, 0.4) is 0 Å². The number of hydrogen-bond acceptors (Lipinski definition) is 4. The van der Waals surface area contributed by atoms with Gasteiger partial charge in [0.2, 0.25) is 11.9 Å². The van der Waals surface area contributed by atoms with Gasteiger partial charge in [-0.2, -0.15) is 0 Å². The number of anilines is 1. The van der Waals surface area contributed by atoms with Gasteiger partial charge >= 0.3 is 0 Å². The van der Waals surface area contributed by atoms with E-state index in [-0.39, 0.29) is 11.4 Å². The van der Waals surface area contributed by atoms with E-state index in [0.29, 0.717) is 12.4 Å². The lowest BCUT2D eigenvalue weighted by Gasteiger charge is -2.56. The summed E-state index contributed by atoms with van der Waals surface area (Å²) in [5.74, 6) is 3.50. The highest BCUT2D eigenvalue weighted by molar-refractivity contribution is 5.76. The van der Waals surface area contributed by atoms with Crippen molar-refractivity contribution in [1.82, 2.24) is 15.3 Å². The van der Waals surface area contributed by atoms with Crippen molar-refractivity contribution in [2.45, 2.75) is 70.8 Å². The molecule has 0 aliphatic heterocycles. The number of nitrogens with one attached hydrogen (secondary N) is 2. The second-order valence-corrected chi connectivity index (χ2v) is 8.75. The van der Waals surface area contributed by atoms with Crippen LogP contribution in [0.1, 0.15) is 62.8 Å². The average Bonchev–Trinajstić information content (AvgIpc) is 2.48. The summed E-state index contributed by atoms with van der Waals surface area (Å²) in [4.78, 5) is 21.2. The minimum atomic E-state index is 0.135. The molecule has 0 spiro atoms. The van der Waals surface area contributed by atoms with Crippen LogP contribution in [-0.4, -0.2) is 28.0 Å². The maximum atomic E-state index is 12.5. The monoisotopic (exact) mass is 342 g/mol. The SMILES string of the molecule is Cc1cc(C)nc(NCCCC(=O)NC23CC4CC(CC(C4)C2)C3)n1. The van der Waals surface area contributed by atoms with Gasteiger partial charge in [-0.25, -0.2) is 9.97 Å². The third-order valence-corrected chi connectivity index (χ3v) is 6.29. The van der Waals surface area contributed by atoms with Crippen LogP contribution < -0.4 is 10.6 Å². The first kappa shape index (κ1) is 16.8. The van der Waals surface area contributed by atoms with E-state index in [9.17, 15) is 4.79 Å². The Morgan fingerprint density at radius 2 is 1.64 bits per heavy atom. The molecule has 1 amide bonds. The molecule has 0 unspecified atom stereocenters. The highest BCUT2D eigenvalue weighted by Gasteiger charge is 2.51. The van der Waals surface area contributed by atoms with Crippen LogP contribution in [0.5, 0.6) is 0 Å². The minimum Gasteiger partial charge on any atom is -0.354 e. The fourth-order valence-electron chi connectivity index (χ4n) is 5.88. The predicted molar refractivity (Wildman–Crippen MR) is 98.3 cm³/mol. The lowest BCUT2D eigenvalue weighted by molar-refractivity contribution is -0.126. The molecule has 25 heavy (non-hydrogen) atoms. The smallest absolute Gasteiger partial charge is 0.223 e. The van der Waals surface area contributed by atoms with E-state index in [4.69, 9.17) is 0 Å². The van der Waals surface area contributed by atoms with Crippen LogP contribution in [0.15, 0.2) is 6.07 Å². The first-order valence-corrected chi connectivity index (χ1v) is 9.87. The molecule has 5 nitrogen and oxygen atoms in total. The maximum Gasteiger partial charge on any atom is 0.223 e. The Kier molecular flexibility index (Phi) is 4.42. The van der Waals surface area contributed by atoms with Crippen molar-refractivity contribution < 1.29 is 4.79 Å². The van der Waals surface area contributed by atoms with Crippen LogP contribution in [-0.2, 0) is 4.79 Å². The molecule has 4 bridgehead atoms. The van der Waals surface area contributed by atoms with E-state index < -0.39 is 0 Å². The lowest BCUT2D eigenvalue weighted by atomic mass is 9.53. The number of aromatic nitrogens is 2. The molecule has 1 heterocycles. The fourth-order valence-corrected chi connectivity index (χ4v) is 5.88. The number of hydrogen-bond donors (Lipinski definition) is 2. The highest BCUT2D eigenvalue weighted by atomic mass is 16.1. The van der Waals surface area contributed by atoms with E-state index in [0.717, 1.165) is 42.1 Å². The summed E-state index contributed by atoms with van der Waals surface area (Å²) in [5.41, 5.74) is 2.07. The van der Waals surface area contributed by atoms with Gasteiger partial charge in [0, 0.05) is 29.9 Å². The van der Waals surface area contributed by atoms with Crippen molar-refractivity contribution in [3.8, 4) is 0 Å². The minimum absolute atomic E-state index is 0.135. The molecule has 0 aromatic carbocycles. The standard InChI is InChI=1S/C20H30N4O/c1-13-6-14(2)23-19(22-13)21-5-3-4-18(25)24-20-10-15-7-16(11-20)9-17(8-15)12-20/h6,15-17H,3-5,7-12H2,1-2H3,(H,24,25)(H,21,22,23). The molecule has 0 atom stereocenters. The van der Waals surface area contributed by atoms with Crippen molar-refractivity contribution in [2.24, 2.45) is 17.8 Å². The summed E-state index contributed by atoms with van der Waals surface area (Å²) in [6, 6.07) is 1.96. The van der Waals surface area contributed by atoms with Gasteiger partial charge in [-0.05, 0) is 82.6 Å². The lowest BCUT2D eigenvalue weighted by Crippen LogP contribution is -2.59. The molecule has 4 fully saturated rings. The molecule has 1 aromatic heterocycles. The number of aryl methyl sites for hydroxylation is 2. The Morgan fingerprint density at radius 1 is 1.08 bits per heavy atom. The summed E-state index contributed by atoms with van der Waals surface area (Å²) in [6.07, 6.45) is 9.30. The Hall–Kier alpha value is -1.65. The number of carbonyl (C=O) groups is 1. The summed E-state index contributed by atoms with van der Waals surface area (Å²) < 4.78 is 0. The maximum absolute atomic E-state index is 12.5. The van der Waals surface area contributed by atoms with Gasteiger partial charge in [-0.1, -0.05) is 0 Å². The molecule has 4 saturated carbocycles. The predicted octanol–water partition coefficient (Wildman–Crippen LogP) is 3.37. The van der Waals surface area contributed by atoms with E-state index in [1.165, 1.54) is 38.5 Å². The van der Waals surface area contributed by atoms with Crippen molar-refractivity contribution in [3.05, 3.63) is 17.5 Å². The van der Waals surface area contributed by atoms with Gasteiger partial charge in [0.15, 0.2) is 0 Å². The number of carbonyl (C=O) groups excluding carboxylic acids is 1. The summed E-state index contributed by atoms with van der Waals surface area (Å²) >= 11 is 0. The molecule has 0 saturated heterocycles. The molecule has 4 aliphatic carbocycles. The largest absolute Gasteiger partial charge is 0.354 e. The van der Waals surface area contributed by atoms with E-state index in [2.05, 4.69) is 20.6 Å². The molecular weight excluding hydrogens is 312 g/mol. The van der Waals surface area contributed by atoms with Crippen molar-refractivity contribution >= 4 is 11.9 Å². The first-order chi connectivity index (χ1) is 12.0. The topological polar surface area (TPSA) is 66.9 Å². The Balaban J connectivity index is 1.23. The van der Waals surface area contributed by atoms with Crippen LogP contribution in [0.4, 0.5) is 5.95 Å². The number of amides is 1. The number of rotatable bonds is 6. The number of nitrogens with zero attached hydrogens (tertiary/aromatic N) is 2. The summed E-state index contributed by atoms with van der Waals surface area (Å²) in [5, 5.41) is 6.68. The zero-order valence-corrected chi connectivity index (χ0v) is 15.5.